The molecule has 16 heavy (non-hydrogen) atoms. The van der Waals surface area contributed by atoms with E-state index in [1.54, 1.807) is 0 Å². The molecule has 0 rings (SSSR count). The fraction of sp³-hybridized carbons (Fsp3) is 0.909. The molecule has 1 atom stereocenters. The maximum Gasteiger partial charge on any atom is 0.305 e. The molecular weight excluding hydrogens is 218 g/mol. The van der Waals surface area contributed by atoms with Crippen molar-refractivity contribution in [1.29, 1.82) is 0 Å². The molecule has 0 aromatic heterocycles. The lowest BCUT2D eigenvalue weighted by molar-refractivity contribution is -0.273. The van der Waals surface area contributed by atoms with Gasteiger partial charge in [-0.15, -0.1) is 0 Å². The highest BCUT2D eigenvalue weighted by Crippen LogP contribution is 2.28. The topological polar surface area (TPSA) is 35.5 Å². The minimum absolute atomic E-state index is 0.0285. The molecule has 0 aliphatic rings. The Kier molecular flexibility index (Phi) is 7.21. The van der Waals surface area contributed by atoms with E-state index in [0.29, 0.717) is 6.42 Å². The highest BCUT2D eigenvalue weighted by Gasteiger charge is 2.43. The zero-order chi connectivity index (χ0) is 12.6. The summed E-state index contributed by atoms with van der Waals surface area (Å²) in [4.78, 5) is 10.8. The van der Waals surface area contributed by atoms with Crippen LogP contribution in [0.5, 0.6) is 0 Å². The first kappa shape index (κ1) is 15.3. The van der Waals surface area contributed by atoms with Crippen LogP contribution in [0.1, 0.15) is 46.0 Å². The zero-order valence-corrected chi connectivity index (χ0v) is 10.1. The van der Waals surface area contributed by atoms with E-state index in [9.17, 15) is 13.6 Å². The van der Waals surface area contributed by atoms with E-state index in [2.05, 4.69) is 4.74 Å². The molecule has 0 aromatic rings. The normalized spacial score (nSPS) is 14.9. The van der Waals surface area contributed by atoms with Crippen molar-refractivity contribution in [2.75, 3.05) is 7.11 Å². The molecule has 0 bridgehead atoms. The van der Waals surface area contributed by atoms with Crippen molar-refractivity contribution in [3.8, 4) is 0 Å². The maximum absolute atomic E-state index is 12.8. The summed E-state index contributed by atoms with van der Waals surface area (Å²) in [6, 6.07) is 0. The van der Waals surface area contributed by atoms with Gasteiger partial charge in [-0.25, -0.2) is 8.78 Å². The molecule has 1 unspecified atom stereocenters. The van der Waals surface area contributed by atoms with Crippen molar-refractivity contribution in [3.63, 3.8) is 0 Å². The fourth-order valence-corrected chi connectivity index (χ4v) is 1.48. The van der Waals surface area contributed by atoms with E-state index in [1.807, 2.05) is 6.92 Å². The molecule has 5 heteroatoms. The van der Waals surface area contributed by atoms with Crippen LogP contribution in [0, 0.1) is 0 Å². The molecule has 0 aromatic carbocycles. The first-order valence-electron chi connectivity index (χ1n) is 5.51. The zero-order valence-electron chi connectivity index (χ0n) is 10.1. The Morgan fingerprint density at radius 3 is 2.31 bits per heavy atom. The van der Waals surface area contributed by atoms with Crippen LogP contribution in [-0.4, -0.2) is 25.3 Å². The average molecular weight is 238 g/mol. The monoisotopic (exact) mass is 238 g/mol. The number of esters is 1. The number of alkyl halides is 2. The molecular formula is C11H20F2O3. The second kappa shape index (κ2) is 7.54. The lowest BCUT2D eigenvalue weighted by Crippen LogP contribution is -2.43. The average Bonchev–Trinajstić information content (AvgIpc) is 2.21. The molecule has 0 heterocycles. The van der Waals surface area contributed by atoms with E-state index in [-0.39, 0.29) is 6.42 Å². The Hall–Kier alpha value is -0.710. The highest BCUT2D eigenvalue weighted by atomic mass is 19.3. The summed E-state index contributed by atoms with van der Waals surface area (Å²) in [5.41, 5.74) is 0. The van der Waals surface area contributed by atoms with E-state index in [4.69, 9.17) is 4.74 Å². The van der Waals surface area contributed by atoms with E-state index >= 15 is 0 Å². The minimum Gasteiger partial charge on any atom is -0.427 e. The van der Waals surface area contributed by atoms with Gasteiger partial charge in [0.2, 0.25) is 0 Å². The van der Waals surface area contributed by atoms with Crippen LogP contribution < -0.4 is 0 Å². The van der Waals surface area contributed by atoms with Crippen molar-refractivity contribution in [3.05, 3.63) is 0 Å². The van der Waals surface area contributed by atoms with E-state index < -0.39 is 18.2 Å². The van der Waals surface area contributed by atoms with Gasteiger partial charge < -0.3 is 9.47 Å². The summed E-state index contributed by atoms with van der Waals surface area (Å²) in [5.74, 6) is -2.82. The first-order valence-corrected chi connectivity index (χ1v) is 5.51. The first-order chi connectivity index (χ1) is 7.48. The van der Waals surface area contributed by atoms with Crippen molar-refractivity contribution in [2.45, 2.75) is 58.2 Å². The molecule has 0 saturated carbocycles. The molecule has 96 valence electrons. The lowest BCUT2D eigenvalue weighted by atomic mass is 10.1. The van der Waals surface area contributed by atoms with Gasteiger partial charge in [-0.05, 0) is 6.42 Å². The minimum atomic E-state index is -2.83. The van der Waals surface area contributed by atoms with Gasteiger partial charge in [-0.2, -0.15) is 0 Å². The Bertz CT molecular complexity index is 209. The number of carbonyl (C=O) groups is 1. The second-order valence-corrected chi connectivity index (χ2v) is 3.72. The van der Waals surface area contributed by atoms with Crippen molar-refractivity contribution >= 4 is 5.97 Å². The van der Waals surface area contributed by atoms with Crippen LogP contribution in [0.15, 0.2) is 0 Å². The molecule has 0 spiro atoms. The van der Waals surface area contributed by atoms with Crippen LogP contribution in [0.25, 0.3) is 0 Å². The predicted octanol–water partition coefficient (Wildman–Crippen LogP) is 3.13. The Morgan fingerprint density at radius 1 is 1.31 bits per heavy atom. The Labute approximate surface area is 95.1 Å². The van der Waals surface area contributed by atoms with Gasteiger partial charge in [0, 0.05) is 20.5 Å². The molecule has 3 nitrogen and oxygen atoms in total. The molecule has 0 radical (unpaired) electrons. The van der Waals surface area contributed by atoms with Gasteiger partial charge in [0.25, 0.3) is 5.79 Å². The van der Waals surface area contributed by atoms with Gasteiger partial charge in [0.1, 0.15) is 0 Å². The summed E-state index contributed by atoms with van der Waals surface area (Å²) in [5, 5.41) is 0. The SMILES string of the molecule is CCCCCCC(OC)(OC(C)=O)C(F)F. The number of carbonyl (C=O) groups excluding carboxylic acids is 1. The largest absolute Gasteiger partial charge is 0.427 e. The standard InChI is InChI=1S/C11H20F2O3/c1-4-5-6-7-8-11(15-3,10(12)13)16-9(2)14/h10H,4-8H2,1-3H3. The van der Waals surface area contributed by atoms with Crippen molar-refractivity contribution < 1.29 is 23.0 Å². The smallest absolute Gasteiger partial charge is 0.305 e. The van der Waals surface area contributed by atoms with Crippen molar-refractivity contribution in [2.24, 2.45) is 0 Å². The number of hydrogen-bond donors (Lipinski definition) is 0. The molecule has 0 amide bonds. The van der Waals surface area contributed by atoms with Crippen LogP contribution in [0.2, 0.25) is 0 Å². The third kappa shape index (κ3) is 4.88. The third-order valence-electron chi connectivity index (χ3n) is 2.37. The summed E-state index contributed by atoms with van der Waals surface area (Å²) in [6.45, 7) is 3.13. The summed E-state index contributed by atoms with van der Waals surface area (Å²) in [6.07, 6.45) is 0.573. The maximum atomic E-state index is 12.8. The molecule has 0 aliphatic heterocycles. The summed E-state index contributed by atoms with van der Waals surface area (Å²) in [7, 11) is 1.13. The summed E-state index contributed by atoms with van der Waals surface area (Å²) >= 11 is 0. The van der Waals surface area contributed by atoms with Crippen LogP contribution in [0.4, 0.5) is 8.78 Å². The molecule has 0 N–H and O–H groups in total. The Morgan fingerprint density at radius 2 is 1.94 bits per heavy atom. The molecule has 0 saturated heterocycles. The number of unbranched alkanes of at least 4 members (excludes halogenated alkanes) is 3. The fourth-order valence-electron chi connectivity index (χ4n) is 1.48. The number of methoxy groups -OCH3 is 1. The van der Waals surface area contributed by atoms with E-state index in [0.717, 1.165) is 33.3 Å². The van der Waals surface area contributed by atoms with Gasteiger partial charge >= 0.3 is 12.4 Å². The van der Waals surface area contributed by atoms with Crippen molar-refractivity contribution in [1.82, 2.24) is 0 Å². The second-order valence-electron chi connectivity index (χ2n) is 3.72. The lowest BCUT2D eigenvalue weighted by Gasteiger charge is -2.30. The van der Waals surface area contributed by atoms with Gasteiger partial charge in [0.05, 0.1) is 0 Å². The predicted molar refractivity (Wildman–Crippen MR) is 56.3 cm³/mol. The number of ether oxygens (including phenoxy) is 2. The van der Waals surface area contributed by atoms with E-state index in [1.165, 1.54) is 0 Å². The highest BCUT2D eigenvalue weighted by molar-refractivity contribution is 5.66. The number of rotatable bonds is 8. The third-order valence-corrected chi connectivity index (χ3v) is 2.37. The Balaban J connectivity index is 4.33. The van der Waals surface area contributed by atoms with Crippen LogP contribution in [0.3, 0.4) is 0 Å². The van der Waals surface area contributed by atoms with Gasteiger partial charge in [-0.3, -0.25) is 4.79 Å². The van der Waals surface area contributed by atoms with Gasteiger partial charge in [-0.1, -0.05) is 26.2 Å². The molecule has 0 fully saturated rings. The quantitative estimate of drug-likeness (QED) is 0.370. The number of hydrogen-bond acceptors (Lipinski definition) is 3. The van der Waals surface area contributed by atoms with Gasteiger partial charge in [0.15, 0.2) is 0 Å². The molecule has 0 aliphatic carbocycles. The number of halogens is 2. The van der Waals surface area contributed by atoms with Crippen LogP contribution in [-0.2, 0) is 14.3 Å². The summed E-state index contributed by atoms with van der Waals surface area (Å²) < 4.78 is 35.0. The van der Waals surface area contributed by atoms with Crippen LogP contribution >= 0.6 is 0 Å².